The number of amides is 1. The Hall–Kier alpha value is -1.85. The Morgan fingerprint density at radius 1 is 1.53 bits per heavy atom. The normalized spacial score (nSPS) is 19.3. The highest BCUT2D eigenvalue weighted by molar-refractivity contribution is 5.94. The van der Waals surface area contributed by atoms with Gasteiger partial charge in [-0.05, 0) is 6.42 Å². The number of nitrogens with zero attached hydrogens (tertiary/aromatic N) is 2. The summed E-state index contributed by atoms with van der Waals surface area (Å²) in [5.41, 5.74) is 6.29. The number of hydrogen-bond donors (Lipinski definition) is 2. The van der Waals surface area contributed by atoms with Crippen LogP contribution in [0.2, 0.25) is 0 Å². The molecular formula is C9H12N4O2. The van der Waals surface area contributed by atoms with Gasteiger partial charge in [-0.2, -0.15) is 9.97 Å². The molecule has 80 valence electrons. The van der Waals surface area contributed by atoms with E-state index in [9.17, 15) is 4.79 Å². The van der Waals surface area contributed by atoms with Crippen LogP contribution in [0, 0.1) is 5.92 Å². The molecule has 0 saturated heterocycles. The van der Waals surface area contributed by atoms with Crippen molar-refractivity contribution >= 4 is 17.7 Å². The third kappa shape index (κ3) is 1.58. The number of methoxy groups -OCH3 is 1. The van der Waals surface area contributed by atoms with Crippen molar-refractivity contribution in [2.24, 2.45) is 5.92 Å². The topological polar surface area (TPSA) is 90.1 Å². The fourth-order valence-corrected chi connectivity index (χ4v) is 1.57. The first-order valence-corrected chi connectivity index (χ1v) is 4.63. The number of ether oxygens (including phenoxy) is 1. The maximum atomic E-state index is 11.4. The Labute approximate surface area is 86.9 Å². The van der Waals surface area contributed by atoms with E-state index >= 15 is 0 Å². The number of nitrogen functional groups attached to an aromatic ring is 1. The second kappa shape index (κ2) is 3.38. The maximum absolute atomic E-state index is 11.4. The average molecular weight is 208 g/mol. The lowest BCUT2D eigenvalue weighted by Gasteiger charge is -2.22. The van der Waals surface area contributed by atoms with Crippen LogP contribution in [0.15, 0.2) is 0 Å². The van der Waals surface area contributed by atoms with E-state index in [0.717, 1.165) is 5.56 Å². The van der Waals surface area contributed by atoms with Crippen LogP contribution in [0.4, 0.5) is 11.8 Å². The number of nitrogens with two attached hydrogens (primary N) is 1. The van der Waals surface area contributed by atoms with E-state index in [4.69, 9.17) is 10.5 Å². The minimum atomic E-state index is -0.0985. The van der Waals surface area contributed by atoms with E-state index in [1.807, 2.05) is 6.92 Å². The van der Waals surface area contributed by atoms with E-state index in [-0.39, 0.29) is 17.8 Å². The monoisotopic (exact) mass is 208 g/mol. The molecule has 2 rings (SSSR count). The fraction of sp³-hybridized carbons (Fsp3) is 0.444. The molecule has 0 aliphatic carbocycles. The second-order valence-corrected chi connectivity index (χ2v) is 3.51. The van der Waals surface area contributed by atoms with Crippen LogP contribution >= 0.6 is 0 Å². The van der Waals surface area contributed by atoms with Crippen molar-refractivity contribution in [1.29, 1.82) is 0 Å². The fourth-order valence-electron chi connectivity index (χ4n) is 1.57. The summed E-state index contributed by atoms with van der Waals surface area (Å²) in [7, 11) is 1.52. The van der Waals surface area contributed by atoms with Crippen LogP contribution in [-0.4, -0.2) is 23.0 Å². The van der Waals surface area contributed by atoms with Crippen LogP contribution < -0.4 is 15.8 Å². The predicted octanol–water partition coefficient (Wildman–Crippen LogP) is 0.198. The zero-order chi connectivity index (χ0) is 11.0. The highest BCUT2D eigenvalue weighted by Crippen LogP contribution is 2.30. The number of carbonyl (C=O) groups excluding carboxylic acids is 1. The van der Waals surface area contributed by atoms with Gasteiger partial charge in [-0.15, -0.1) is 0 Å². The van der Waals surface area contributed by atoms with Gasteiger partial charge >= 0.3 is 0 Å². The molecule has 0 fully saturated rings. The molecule has 6 heteroatoms. The number of hydrogen-bond acceptors (Lipinski definition) is 5. The van der Waals surface area contributed by atoms with Crippen LogP contribution in [0.3, 0.4) is 0 Å². The number of aromatic nitrogens is 2. The molecule has 1 atom stereocenters. The zero-order valence-corrected chi connectivity index (χ0v) is 8.57. The first-order valence-electron chi connectivity index (χ1n) is 4.63. The minimum Gasteiger partial charge on any atom is -0.481 e. The molecule has 1 unspecified atom stereocenters. The smallest absolute Gasteiger partial charge is 0.228 e. The van der Waals surface area contributed by atoms with Crippen molar-refractivity contribution in [3.8, 4) is 5.88 Å². The molecule has 0 spiro atoms. The standard InChI is InChI=1S/C9H12N4O2/c1-4-3-5-6(11-7(4)14)12-9(10)13-8(5)15-2/h4H,3H2,1-2H3,(H3,10,11,12,13,14). The van der Waals surface area contributed by atoms with Crippen LogP contribution in [-0.2, 0) is 11.2 Å². The first kappa shape index (κ1) is 9.70. The summed E-state index contributed by atoms with van der Waals surface area (Å²) in [6, 6.07) is 0. The second-order valence-electron chi connectivity index (χ2n) is 3.51. The summed E-state index contributed by atoms with van der Waals surface area (Å²) < 4.78 is 5.09. The molecule has 1 aliphatic rings. The Morgan fingerprint density at radius 2 is 2.27 bits per heavy atom. The van der Waals surface area contributed by atoms with Crippen molar-refractivity contribution in [1.82, 2.24) is 9.97 Å². The molecule has 1 amide bonds. The third-order valence-electron chi connectivity index (χ3n) is 2.38. The van der Waals surface area contributed by atoms with Gasteiger partial charge in [0.05, 0.1) is 12.7 Å². The SMILES string of the molecule is COc1nc(N)nc2c1CC(C)C(=O)N2. The van der Waals surface area contributed by atoms with Crippen molar-refractivity contribution in [2.75, 3.05) is 18.2 Å². The van der Waals surface area contributed by atoms with Gasteiger partial charge in [0.25, 0.3) is 0 Å². The number of rotatable bonds is 1. The van der Waals surface area contributed by atoms with Crippen molar-refractivity contribution < 1.29 is 9.53 Å². The molecule has 0 aromatic carbocycles. The van der Waals surface area contributed by atoms with E-state index in [0.29, 0.717) is 18.1 Å². The first-order chi connectivity index (χ1) is 7.11. The van der Waals surface area contributed by atoms with Gasteiger partial charge in [0, 0.05) is 5.92 Å². The molecule has 1 aromatic heterocycles. The Morgan fingerprint density at radius 3 is 2.93 bits per heavy atom. The van der Waals surface area contributed by atoms with E-state index < -0.39 is 0 Å². The third-order valence-corrected chi connectivity index (χ3v) is 2.38. The van der Waals surface area contributed by atoms with Gasteiger partial charge in [0.2, 0.25) is 17.7 Å². The molecule has 3 N–H and O–H groups in total. The minimum absolute atomic E-state index is 0.0531. The highest BCUT2D eigenvalue weighted by atomic mass is 16.5. The Kier molecular flexibility index (Phi) is 2.18. The molecule has 0 saturated carbocycles. The van der Waals surface area contributed by atoms with Crippen molar-refractivity contribution in [2.45, 2.75) is 13.3 Å². The van der Waals surface area contributed by atoms with Gasteiger partial charge in [0.1, 0.15) is 5.82 Å². The predicted molar refractivity (Wildman–Crippen MR) is 54.5 cm³/mol. The lowest BCUT2D eigenvalue weighted by Crippen LogP contribution is -2.29. The average Bonchev–Trinajstić information content (AvgIpc) is 2.19. The molecule has 1 aromatic rings. The van der Waals surface area contributed by atoms with Gasteiger partial charge in [-0.1, -0.05) is 6.92 Å². The van der Waals surface area contributed by atoms with E-state index in [1.54, 1.807) is 0 Å². The van der Waals surface area contributed by atoms with Gasteiger partial charge < -0.3 is 15.8 Å². The van der Waals surface area contributed by atoms with Gasteiger partial charge in [0.15, 0.2) is 0 Å². The molecule has 0 radical (unpaired) electrons. The molecule has 0 bridgehead atoms. The van der Waals surface area contributed by atoms with Crippen LogP contribution in [0.1, 0.15) is 12.5 Å². The Bertz CT molecular complexity index is 419. The molecule has 15 heavy (non-hydrogen) atoms. The summed E-state index contributed by atoms with van der Waals surface area (Å²) >= 11 is 0. The lowest BCUT2D eigenvalue weighted by molar-refractivity contribution is -0.119. The number of anilines is 2. The molecule has 6 nitrogen and oxygen atoms in total. The zero-order valence-electron chi connectivity index (χ0n) is 8.57. The van der Waals surface area contributed by atoms with Gasteiger partial charge in [-0.25, -0.2) is 0 Å². The quantitative estimate of drug-likeness (QED) is 0.688. The number of carbonyl (C=O) groups is 1. The molecule has 2 heterocycles. The van der Waals surface area contributed by atoms with E-state index in [1.165, 1.54) is 7.11 Å². The van der Waals surface area contributed by atoms with Gasteiger partial charge in [-0.3, -0.25) is 4.79 Å². The lowest BCUT2D eigenvalue weighted by atomic mass is 9.98. The summed E-state index contributed by atoms with van der Waals surface area (Å²) in [6.45, 7) is 1.84. The van der Waals surface area contributed by atoms with Crippen LogP contribution in [0.25, 0.3) is 0 Å². The largest absolute Gasteiger partial charge is 0.481 e. The Balaban J connectivity index is 2.51. The highest BCUT2D eigenvalue weighted by Gasteiger charge is 2.27. The molecule has 1 aliphatic heterocycles. The summed E-state index contributed by atoms with van der Waals surface area (Å²) in [6.07, 6.45) is 0.574. The number of fused-ring (bicyclic) bond motifs is 1. The number of nitrogens with one attached hydrogen (secondary N) is 1. The van der Waals surface area contributed by atoms with Crippen molar-refractivity contribution in [3.63, 3.8) is 0 Å². The summed E-state index contributed by atoms with van der Waals surface area (Å²) in [4.78, 5) is 19.3. The summed E-state index contributed by atoms with van der Waals surface area (Å²) in [5.74, 6) is 0.841. The maximum Gasteiger partial charge on any atom is 0.228 e. The summed E-state index contributed by atoms with van der Waals surface area (Å²) in [5, 5.41) is 2.68. The van der Waals surface area contributed by atoms with Crippen molar-refractivity contribution in [3.05, 3.63) is 5.56 Å². The van der Waals surface area contributed by atoms with E-state index in [2.05, 4.69) is 15.3 Å². The van der Waals surface area contributed by atoms with Crippen LogP contribution in [0.5, 0.6) is 5.88 Å². The molecular weight excluding hydrogens is 196 g/mol.